The van der Waals surface area contributed by atoms with Gasteiger partial charge in [-0.1, -0.05) is 52.4 Å². The van der Waals surface area contributed by atoms with E-state index in [1.165, 1.54) is 70.9 Å². The minimum atomic E-state index is -0.322. The van der Waals surface area contributed by atoms with E-state index in [9.17, 15) is 0 Å². The lowest BCUT2D eigenvalue weighted by atomic mass is 9.99. The smallest absolute Gasteiger partial charge is 0.166 e. The quantitative estimate of drug-likeness (QED) is 0.528. The van der Waals surface area contributed by atoms with Crippen LogP contribution in [0.2, 0.25) is 0 Å². The summed E-state index contributed by atoms with van der Waals surface area (Å²) in [5, 5.41) is 0. The second kappa shape index (κ2) is 10.0. The number of hydrogen-bond donors (Lipinski definition) is 0. The summed E-state index contributed by atoms with van der Waals surface area (Å²) >= 11 is 0. The highest BCUT2D eigenvalue weighted by Gasteiger charge is 2.37. The average Bonchev–Trinajstić information content (AvgIpc) is 2.90. The lowest BCUT2D eigenvalue weighted by molar-refractivity contribution is -0.161. The Labute approximate surface area is 144 Å². The molecule has 0 spiro atoms. The van der Waals surface area contributed by atoms with Crippen molar-refractivity contribution in [1.29, 1.82) is 0 Å². The van der Waals surface area contributed by atoms with Crippen molar-refractivity contribution in [3.05, 3.63) is 0 Å². The predicted octanol–water partition coefficient (Wildman–Crippen LogP) is 4.99. The van der Waals surface area contributed by atoms with Gasteiger partial charge in [0.25, 0.3) is 0 Å². The Balaban J connectivity index is 1.56. The standard InChI is InChI=1S/C20H39NO2/c1-4-5-6-7-8-9-10-13-20(3)22-17-19(23-20)16-21-14-11-18(2)12-15-21/h18-19H,4-17H2,1-3H3. The van der Waals surface area contributed by atoms with Gasteiger partial charge in [-0.15, -0.1) is 0 Å². The Kier molecular flexibility index (Phi) is 8.35. The van der Waals surface area contributed by atoms with E-state index >= 15 is 0 Å². The number of ether oxygens (including phenoxy) is 2. The fourth-order valence-corrected chi connectivity index (χ4v) is 3.85. The van der Waals surface area contributed by atoms with Crippen LogP contribution in [0, 0.1) is 5.92 Å². The molecule has 3 heteroatoms. The molecule has 0 aromatic heterocycles. The second-order valence-electron chi connectivity index (χ2n) is 8.04. The Bertz CT molecular complexity index is 315. The van der Waals surface area contributed by atoms with Crippen LogP contribution in [-0.2, 0) is 9.47 Å². The van der Waals surface area contributed by atoms with Crippen LogP contribution < -0.4 is 0 Å². The fraction of sp³-hybridized carbons (Fsp3) is 1.00. The van der Waals surface area contributed by atoms with E-state index in [2.05, 4.69) is 25.7 Å². The number of nitrogens with zero attached hydrogens (tertiary/aromatic N) is 1. The molecule has 2 atom stereocenters. The topological polar surface area (TPSA) is 21.7 Å². The Hall–Kier alpha value is -0.120. The molecular weight excluding hydrogens is 286 g/mol. The van der Waals surface area contributed by atoms with Crippen molar-refractivity contribution in [1.82, 2.24) is 4.90 Å². The molecule has 0 bridgehead atoms. The number of rotatable bonds is 10. The molecule has 2 rings (SSSR count). The van der Waals surface area contributed by atoms with Crippen LogP contribution in [0.1, 0.15) is 85.0 Å². The van der Waals surface area contributed by atoms with E-state index in [1.54, 1.807) is 0 Å². The highest BCUT2D eigenvalue weighted by Crippen LogP contribution is 2.30. The molecule has 2 saturated heterocycles. The number of unbranched alkanes of at least 4 members (excludes halogenated alkanes) is 6. The molecule has 0 aromatic carbocycles. The summed E-state index contributed by atoms with van der Waals surface area (Å²) in [7, 11) is 0. The summed E-state index contributed by atoms with van der Waals surface area (Å²) < 4.78 is 12.3. The number of likely N-dealkylation sites (tertiary alicyclic amines) is 1. The van der Waals surface area contributed by atoms with Gasteiger partial charge >= 0.3 is 0 Å². The number of piperidine rings is 1. The van der Waals surface area contributed by atoms with Gasteiger partial charge in [-0.3, -0.25) is 0 Å². The van der Waals surface area contributed by atoms with E-state index in [1.807, 2.05) is 0 Å². The third-order valence-electron chi connectivity index (χ3n) is 5.56. The van der Waals surface area contributed by atoms with Crippen LogP contribution >= 0.6 is 0 Å². The molecular formula is C20H39NO2. The molecule has 2 heterocycles. The first-order chi connectivity index (χ1) is 11.1. The van der Waals surface area contributed by atoms with Gasteiger partial charge in [-0.05, 0) is 45.2 Å². The summed E-state index contributed by atoms with van der Waals surface area (Å²) in [6, 6.07) is 0. The highest BCUT2D eigenvalue weighted by molar-refractivity contribution is 4.79. The molecule has 2 aliphatic rings. The van der Waals surface area contributed by atoms with E-state index in [0.717, 1.165) is 25.5 Å². The molecule has 3 nitrogen and oxygen atoms in total. The zero-order valence-electron chi connectivity index (χ0n) is 15.8. The van der Waals surface area contributed by atoms with Crippen LogP contribution in [-0.4, -0.2) is 43.0 Å². The van der Waals surface area contributed by atoms with Crippen molar-refractivity contribution in [2.75, 3.05) is 26.2 Å². The fourth-order valence-electron chi connectivity index (χ4n) is 3.85. The van der Waals surface area contributed by atoms with Crippen molar-refractivity contribution in [3.8, 4) is 0 Å². The zero-order chi connectivity index (χ0) is 16.5. The Morgan fingerprint density at radius 2 is 1.65 bits per heavy atom. The van der Waals surface area contributed by atoms with Crippen molar-refractivity contribution in [2.45, 2.75) is 96.9 Å². The lowest BCUT2D eigenvalue weighted by Gasteiger charge is -2.32. The van der Waals surface area contributed by atoms with Gasteiger partial charge in [0, 0.05) is 13.0 Å². The molecule has 0 aromatic rings. The third-order valence-corrected chi connectivity index (χ3v) is 5.56. The summed E-state index contributed by atoms with van der Waals surface area (Å²) in [6.07, 6.45) is 13.4. The first-order valence-corrected chi connectivity index (χ1v) is 10.2. The molecule has 0 aliphatic carbocycles. The first-order valence-electron chi connectivity index (χ1n) is 10.2. The maximum atomic E-state index is 6.26. The van der Waals surface area contributed by atoms with Crippen LogP contribution in [0.3, 0.4) is 0 Å². The molecule has 0 saturated carbocycles. The maximum Gasteiger partial charge on any atom is 0.166 e. The highest BCUT2D eigenvalue weighted by atomic mass is 16.7. The minimum absolute atomic E-state index is 0.276. The van der Waals surface area contributed by atoms with E-state index in [4.69, 9.17) is 9.47 Å². The van der Waals surface area contributed by atoms with Crippen LogP contribution in [0.25, 0.3) is 0 Å². The summed E-state index contributed by atoms with van der Waals surface area (Å²) in [5.74, 6) is 0.576. The molecule has 0 amide bonds. The molecule has 0 N–H and O–H groups in total. The predicted molar refractivity (Wildman–Crippen MR) is 96.7 cm³/mol. The molecule has 2 unspecified atom stereocenters. The van der Waals surface area contributed by atoms with Crippen molar-refractivity contribution in [2.24, 2.45) is 5.92 Å². The Morgan fingerprint density at radius 1 is 1.00 bits per heavy atom. The SMILES string of the molecule is CCCCCCCCCC1(C)OCC(CN2CCC(C)CC2)O1. The summed E-state index contributed by atoms with van der Waals surface area (Å²) in [4.78, 5) is 2.56. The van der Waals surface area contributed by atoms with E-state index in [-0.39, 0.29) is 11.9 Å². The normalized spacial score (nSPS) is 30.1. The van der Waals surface area contributed by atoms with Crippen LogP contribution in [0.5, 0.6) is 0 Å². The maximum absolute atomic E-state index is 6.26. The van der Waals surface area contributed by atoms with Crippen LogP contribution in [0.4, 0.5) is 0 Å². The van der Waals surface area contributed by atoms with Gasteiger partial charge in [0.15, 0.2) is 5.79 Å². The van der Waals surface area contributed by atoms with Gasteiger partial charge in [-0.2, -0.15) is 0 Å². The van der Waals surface area contributed by atoms with Crippen LogP contribution in [0.15, 0.2) is 0 Å². The largest absolute Gasteiger partial charge is 0.347 e. The average molecular weight is 326 g/mol. The minimum Gasteiger partial charge on any atom is -0.347 e. The van der Waals surface area contributed by atoms with Crippen molar-refractivity contribution < 1.29 is 9.47 Å². The molecule has 136 valence electrons. The lowest BCUT2D eigenvalue weighted by Crippen LogP contribution is -2.39. The van der Waals surface area contributed by atoms with Gasteiger partial charge in [0.2, 0.25) is 0 Å². The zero-order valence-corrected chi connectivity index (χ0v) is 15.8. The first kappa shape index (κ1) is 19.2. The molecule has 0 radical (unpaired) electrons. The van der Waals surface area contributed by atoms with E-state index < -0.39 is 0 Å². The van der Waals surface area contributed by atoms with Crippen molar-refractivity contribution >= 4 is 0 Å². The molecule has 2 aliphatic heterocycles. The summed E-state index contributed by atoms with van der Waals surface area (Å²) in [6.45, 7) is 11.1. The van der Waals surface area contributed by atoms with Gasteiger partial charge < -0.3 is 14.4 Å². The van der Waals surface area contributed by atoms with Crippen molar-refractivity contribution in [3.63, 3.8) is 0 Å². The molecule has 23 heavy (non-hydrogen) atoms. The van der Waals surface area contributed by atoms with E-state index in [0.29, 0.717) is 0 Å². The van der Waals surface area contributed by atoms with Gasteiger partial charge in [0.05, 0.1) is 12.7 Å². The number of hydrogen-bond acceptors (Lipinski definition) is 3. The molecule has 2 fully saturated rings. The monoisotopic (exact) mass is 325 g/mol. The Morgan fingerprint density at radius 3 is 2.35 bits per heavy atom. The van der Waals surface area contributed by atoms with Gasteiger partial charge in [-0.25, -0.2) is 0 Å². The third kappa shape index (κ3) is 7.11. The second-order valence-corrected chi connectivity index (χ2v) is 8.04. The summed E-state index contributed by atoms with van der Waals surface area (Å²) in [5.41, 5.74) is 0. The van der Waals surface area contributed by atoms with Gasteiger partial charge in [0.1, 0.15) is 0 Å².